The molecule has 3 aromatic rings. The Kier molecular flexibility index (Phi) is 4.57. The molecule has 0 aliphatic carbocycles. The summed E-state index contributed by atoms with van der Waals surface area (Å²) in [5.74, 6) is -0.160. The summed E-state index contributed by atoms with van der Waals surface area (Å²) in [7, 11) is 0. The Morgan fingerprint density at radius 2 is 1.48 bits per heavy atom. The summed E-state index contributed by atoms with van der Waals surface area (Å²) in [4.78, 5) is 26.1. The molecule has 0 aliphatic rings. The van der Waals surface area contributed by atoms with Gasteiger partial charge in [-0.25, -0.2) is 0 Å². The lowest BCUT2D eigenvalue weighted by Gasteiger charge is -2.22. The molecular formula is C20H20N4O. The van der Waals surface area contributed by atoms with Crippen LogP contribution in [0.25, 0.3) is 22.6 Å². The molecule has 5 nitrogen and oxygen atoms in total. The molecule has 3 aromatic heterocycles. The van der Waals surface area contributed by atoms with Crippen LogP contribution >= 0.6 is 0 Å². The van der Waals surface area contributed by atoms with Crippen LogP contribution < -0.4 is 5.32 Å². The summed E-state index contributed by atoms with van der Waals surface area (Å²) in [6.07, 6.45) is 5.05. The molecule has 0 saturated heterocycles. The van der Waals surface area contributed by atoms with E-state index in [0.29, 0.717) is 28.2 Å². The molecule has 0 saturated carbocycles. The molecular weight excluding hydrogens is 312 g/mol. The van der Waals surface area contributed by atoms with Gasteiger partial charge in [-0.05, 0) is 51.1 Å². The third-order valence-corrected chi connectivity index (χ3v) is 3.51. The van der Waals surface area contributed by atoms with Crippen LogP contribution in [0.2, 0.25) is 0 Å². The fourth-order valence-corrected chi connectivity index (χ4v) is 2.53. The van der Waals surface area contributed by atoms with E-state index in [2.05, 4.69) is 20.3 Å². The minimum atomic E-state index is -0.340. The molecule has 5 heteroatoms. The van der Waals surface area contributed by atoms with Gasteiger partial charge >= 0.3 is 0 Å². The van der Waals surface area contributed by atoms with E-state index >= 15 is 0 Å². The number of nitrogens with one attached hydrogen (secondary N) is 1. The van der Waals surface area contributed by atoms with Crippen LogP contribution in [0.4, 0.5) is 0 Å². The lowest BCUT2D eigenvalue weighted by molar-refractivity contribution is 0.0920. The summed E-state index contributed by atoms with van der Waals surface area (Å²) in [5, 5.41) is 3.01. The predicted octanol–water partition coefficient (Wildman–Crippen LogP) is 3.73. The van der Waals surface area contributed by atoms with Gasteiger partial charge in [-0.1, -0.05) is 12.1 Å². The van der Waals surface area contributed by atoms with Gasteiger partial charge in [-0.2, -0.15) is 0 Å². The fraction of sp³-hybridized carbons (Fsp3) is 0.200. The van der Waals surface area contributed by atoms with Crippen molar-refractivity contribution in [2.75, 3.05) is 0 Å². The number of carbonyl (C=O) groups excluding carboxylic acids is 1. The molecule has 0 aliphatic heterocycles. The van der Waals surface area contributed by atoms with E-state index in [1.165, 1.54) is 0 Å². The van der Waals surface area contributed by atoms with E-state index in [1.54, 1.807) is 24.7 Å². The minimum Gasteiger partial charge on any atom is -0.347 e. The largest absolute Gasteiger partial charge is 0.347 e. The highest BCUT2D eigenvalue weighted by molar-refractivity contribution is 6.03. The van der Waals surface area contributed by atoms with Gasteiger partial charge in [0.1, 0.15) is 0 Å². The Morgan fingerprint density at radius 1 is 0.840 bits per heavy atom. The Morgan fingerprint density at radius 3 is 2.04 bits per heavy atom. The second-order valence-corrected chi connectivity index (χ2v) is 6.72. The average molecular weight is 332 g/mol. The van der Waals surface area contributed by atoms with Crippen LogP contribution in [0.3, 0.4) is 0 Å². The summed E-state index contributed by atoms with van der Waals surface area (Å²) in [6.45, 7) is 5.85. The molecule has 3 heterocycles. The Bertz CT molecular complexity index is 871. The highest BCUT2D eigenvalue weighted by atomic mass is 16.1. The van der Waals surface area contributed by atoms with Crippen LogP contribution in [0.1, 0.15) is 31.1 Å². The van der Waals surface area contributed by atoms with Crippen molar-refractivity contribution in [2.45, 2.75) is 26.3 Å². The highest BCUT2D eigenvalue weighted by Gasteiger charge is 2.22. The number of aromatic nitrogens is 3. The van der Waals surface area contributed by atoms with Crippen LogP contribution in [0, 0.1) is 0 Å². The van der Waals surface area contributed by atoms with E-state index < -0.39 is 0 Å². The number of rotatable bonds is 3. The summed E-state index contributed by atoms with van der Waals surface area (Å²) in [6, 6.07) is 12.9. The maximum absolute atomic E-state index is 12.9. The van der Waals surface area contributed by atoms with Crippen LogP contribution in [0.15, 0.2) is 61.1 Å². The quantitative estimate of drug-likeness (QED) is 0.793. The van der Waals surface area contributed by atoms with E-state index in [4.69, 9.17) is 0 Å². The average Bonchev–Trinajstić information content (AvgIpc) is 2.61. The molecule has 0 bridgehead atoms. The predicted molar refractivity (Wildman–Crippen MR) is 97.9 cm³/mol. The van der Waals surface area contributed by atoms with Gasteiger partial charge in [0, 0.05) is 29.7 Å². The van der Waals surface area contributed by atoms with Crippen molar-refractivity contribution < 1.29 is 4.79 Å². The monoisotopic (exact) mass is 332 g/mol. The lowest BCUT2D eigenvalue weighted by atomic mass is 9.98. The summed E-state index contributed by atoms with van der Waals surface area (Å²) in [5.41, 5.74) is 2.91. The third kappa shape index (κ3) is 3.88. The molecule has 0 atom stereocenters. The lowest BCUT2D eigenvalue weighted by Crippen LogP contribution is -2.40. The standard InChI is InChI=1S/C20H20N4O/c1-20(2,3)24-19(25)14-10-13-23-18(16-9-5-7-12-22-16)17(14)15-8-4-6-11-21-15/h4-13H,1-3H3,(H,24,25). The van der Waals surface area contributed by atoms with Crippen LogP contribution in [0.5, 0.6) is 0 Å². The third-order valence-electron chi connectivity index (χ3n) is 3.51. The molecule has 25 heavy (non-hydrogen) atoms. The maximum Gasteiger partial charge on any atom is 0.252 e. The van der Waals surface area contributed by atoms with Gasteiger partial charge < -0.3 is 5.32 Å². The van der Waals surface area contributed by atoms with Gasteiger partial charge in [0.15, 0.2) is 0 Å². The number of hydrogen-bond acceptors (Lipinski definition) is 4. The topological polar surface area (TPSA) is 67.8 Å². The first-order valence-corrected chi connectivity index (χ1v) is 8.10. The van der Waals surface area contributed by atoms with Crippen molar-refractivity contribution in [1.82, 2.24) is 20.3 Å². The normalized spacial score (nSPS) is 11.2. The molecule has 1 N–H and O–H groups in total. The van der Waals surface area contributed by atoms with Gasteiger partial charge in [0.05, 0.1) is 22.6 Å². The van der Waals surface area contributed by atoms with E-state index in [9.17, 15) is 4.79 Å². The Balaban J connectivity index is 2.21. The van der Waals surface area contributed by atoms with Crippen LogP contribution in [-0.4, -0.2) is 26.4 Å². The first kappa shape index (κ1) is 16.8. The first-order valence-electron chi connectivity index (χ1n) is 8.10. The smallest absolute Gasteiger partial charge is 0.252 e. The zero-order valence-electron chi connectivity index (χ0n) is 14.5. The molecule has 126 valence electrons. The highest BCUT2D eigenvalue weighted by Crippen LogP contribution is 2.31. The van der Waals surface area contributed by atoms with Crippen molar-refractivity contribution in [3.8, 4) is 22.6 Å². The molecule has 0 aromatic carbocycles. The molecule has 3 rings (SSSR count). The fourth-order valence-electron chi connectivity index (χ4n) is 2.53. The summed E-state index contributed by atoms with van der Waals surface area (Å²) >= 11 is 0. The number of hydrogen-bond donors (Lipinski definition) is 1. The maximum atomic E-state index is 12.9. The number of pyridine rings is 3. The number of nitrogens with zero attached hydrogens (tertiary/aromatic N) is 3. The van der Waals surface area contributed by atoms with Crippen LogP contribution in [-0.2, 0) is 0 Å². The zero-order chi connectivity index (χ0) is 17.9. The van der Waals surface area contributed by atoms with Crippen molar-refractivity contribution in [3.05, 3.63) is 66.6 Å². The minimum absolute atomic E-state index is 0.160. The second kappa shape index (κ2) is 6.81. The molecule has 0 unspecified atom stereocenters. The SMILES string of the molecule is CC(C)(C)NC(=O)c1ccnc(-c2ccccn2)c1-c1ccccn1. The van der Waals surface area contributed by atoms with E-state index in [0.717, 1.165) is 0 Å². The van der Waals surface area contributed by atoms with Crippen molar-refractivity contribution >= 4 is 5.91 Å². The van der Waals surface area contributed by atoms with Gasteiger partial charge in [0.25, 0.3) is 5.91 Å². The summed E-state index contributed by atoms with van der Waals surface area (Å²) < 4.78 is 0. The van der Waals surface area contributed by atoms with Crippen molar-refractivity contribution in [3.63, 3.8) is 0 Å². The van der Waals surface area contributed by atoms with Crippen molar-refractivity contribution in [2.24, 2.45) is 0 Å². The molecule has 0 radical (unpaired) electrons. The molecule has 0 spiro atoms. The number of amides is 1. The first-order chi connectivity index (χ1) is 12.0. The van der Waals surface area contributed by atoms with Crippen molar-refractivity contribution in [1.29, 1.82) is 0 Å². The van der Waals surface area contributed by atoms with Gasteiger partial charge in [-0.15, -0.1) is 0 Å². The van der Waals surface area contributed by atoms with E-state index in [-0.39, 0.29) is 11.4 Å². The Hall–Kier alpha value is -3.08. The second-order valence-electron chi connectivity index (χ2n) is 6.72. The zero-order valence-corrected chi connectivity index (χ0v) is 14.5. The van der Waals surface area contributed by atoms with E-state index in [1.807, 2.05) is 57.2 Å². The Labute approximate surface area is 147 Å². The van der Waals surface area contributed by atoms with Gasteiger partial charge in [-0.3, -0.25) is 19.7 Å². The number of carbonyl (C=O) groups is 1. The molecule has 0 fully saturated rings. The van der Waals surface area contributed by atoms with Gasteiger partial charge in [0.2, 0.25) is 0 Å². The molecule has 1 amide bonds.